The van der Waals surface area contributed by atoms with Crippen molar-refractivity contribution >= 4 is 21.4 Å². The van der Waals surface area contributed by atoms with E-state index in [1.54, 1.807) is 0 Å². The van der Waals surface area contributed by atoms with Crippen molar-refractivity contribution in [1.82, 2.24) is 0 Å². The molecular weight excluding hydrogens is 235 g/mol. The zero-order chi connectivity index (χ0) is 12.2. The fourth-order valence-corrected chi connectivity index (χ4v) is 2.03. The predicted molar refractivity (Wildman–Crippen MR) is 60.1 cm³/mol. The van der Waals surface area contributed by atoms with E-state index in [-0.39, 0.29) is 23.7 Å². The first kappa shape index (κ1) is 12.7. The maximum Gasteiger partial charge on any atom is 0.235 e. The molecule has 16 heavy (non-hydrogen) atoms. The molecular formula is C9H13FN2O3S. The maximum absolute atomic E-state index is 12.9. The third-order valence-corrected chi connectivity index (χ3v) is 3.07. The molecule has 0 radical (unpaired) electrons. The number of hydrogen-bond acceptors (Lipinski definition) is 4. The van der Waals surface area contributed by atoms with E-state index in [2.05, 4.69) is 9.46 Å². The molecule has 0 spiro atoms. The zero-order valence-corrected chi connectivity index (χ0v) is 9.55. The van der Waals surface area contributed by atoms with Gasteiger partial charge in [-0.25, -0.2) is 12.8 Å². The number of benzene rings is 1. The van der Waals surface area contributed by atoms with Crippen molar-refractivity contribution in [3.63, 3.8) is 0 Å². The summed E-state index contributed by atoms with van der Waals surface area (Å²) in [5, 5.41) is 0. The summed E-state index contributed by atoms with van der Waals surface area (Å²) in [4.78, 5) is 0. The second-order valence-corrected chi connectivity index (χ2v) is 4.99. The lowest BCUT2D eigenvalue weighted by Crippen LogP contribution is -2.20. The molecule has 0 amide bonds. The molecule has 0 unspecified atom stereocenters. The lowest BCUT2D eigenvalue weighted by Gasteiger charge is -2.09. The van der Waals surface area contributed by atoms with Gasteiger partial charge in [0.2, 0.25) is 10.0 Å². The van der Waals surface area contributed by atoms with E-state index < -0.39 is 15.8 Å². The van der Waals surface area contributed by atoms with Crippen molar-refractivity contribution in [2.24, 2.45) is 0 Å². The fraction of sp³-hybridized carbons (Fsp3) is 0.333. The Hall–Kier alpha value is -1.34. The molecule has 0 aromatic heterocycles. The Labute approximate surface area is 93.5 Å². The van der Waals surface area contributed by atoms with Crippen LogP contribution in [-0.2, 0) is 14.8 Å². The lowest BCUT2D eigenvalue weighted by atomic mass is 10.3. The summed E-state index contributed by atoms with van der Waals surface area (Å²) in [5.41, 5.74) is 5.71. The van der Waals surface area contributed by atoms with E-state index >= 15 is 0 Å². The SMILES string of the molecule is COCCS(=O)(=O)Nc1cc(F)ccc1N. The van der Waals surface area contributed by atoms with Gasteiger partial charge in [0, 0.05) is 13.2 Å². The second kappa shape index (κ2) is 5.13. The Kier molecular flexibility index (Phi) is 4.08. The van der Waals surface area contributed by atoms with Gasteiger partial charge in [-0.15, -0.1) is 0 Å². The first-order valence-electron chi connectivity index (χ1n) is 4.49. The smallest absolute Gasteiger partial charge is 0.235 e. The number of nitrogens with one attached hydrogen (secondary N) is 1. The van der Waals surface area contributed by atoms with E-state index in [1.165, 1.54) is 13.2 Å². The number of ether oxygens (including phenoxy) is 1. The third kappa shape index (κ3) is 3.67. The van der Waals surface area contributed by atoms with Gasteiger partial charge >= 0.3 is 0 Å². The van der Waals surface area contributed by atoms with Crippen LogP contribution in [0.1, 0.15) is 0 Å². The number of anilines is 2. The molecule has 0 heterocycles. The Morgan fingerprint density at radius 1 is 1.50 bits per heavy atom. The summed E-state index contributed by atoms with van der Waals surface area (Å²) in [5.74, 6) is -0.766. The van der Waals surface area contributed by atoms with Crippen molar-refractivity contribution in [3.05, 3.63) is 24.0 Å². The van der Waals surface area contributed by atoms with Crippen molar-refractivity contribution < 1.29 is 17.5 Å². The van der Waals surface area contributed by atoms with E-state index in [1.807, 2.05) is 0 Å². The van der Waals surface area contributed by atoms with Crippen LogP contribution in [0, 0.1) is 5.82 Å². The van der Waals surface area contributed by atoms with Gasteiger partial charge in [0.1, 0.15) is 5.82 Å². The van der Waals surface area contributed by atoms with Crippen LogP contribution in [0.2, 0.25) is 0 Å². The number of sulfonamides is 1. The molecule has 0 saturated carbocycles. The van der Waals surface area contributed by atoms with Gasteiger partial charge in [0.15, 0.2) is 0 Å². The highest BCUT2D eigenvalue weighted by molar-refractivity contribution is 7.92. The van der Waals surface area contributed by atoms with E-state index in [0.29, 0.717) is 0 Å². The molecule has 0 aliphatic carbocycles. The number of nitrogen functional groups attached to an aromatic ring is 1. The molecule has 1 aromatic carbocycles. The van der Waals surface area contributed by atoms with Gasteiger partial charge in [-0.1, -0.05) is 0 Å². The number of halogens is 1. The predicted octanol–water partition coefficient (Wildman–Crippen LogP) is 0.796. The molecule has 90 valence electrons. The molecule has 5 nitrogen and oxygen atoms in total. The van der Waals surface area contributed by atoms with Crippen molar-refractivity contribution in [2.75, 3.05) is 29.9 Å². The lowest BCUT2D eigenvalue weighted by molar-refractivity contribution is 0.217. The molecule has 7 heteroatoms. The standard InChI is InChI=1S/C9H13FN2O3S/c1-15-4-5-16(13,14)12-9-6-7(10)2-3-8(9)11/h2-3,6,12H,4-5,11H2,1H3. The summed E-state index contributed by atoms with van der Waals surface area (Å²) in [6, 6.07) is 3.48. The van der Waals surface area contributed by atoms with Crippen molar-refractivity contribution in [1.29, 1.82) is 0 Å². The highest BCUT2D eigenvalue weighted by Gasteiger charge is 2.12. The highest BCUT2D eigenvalue weighted by atomic mass is 32.2. The van der Waals surface area contributed by atoms with E-state index in [4.69, 9.17) is 5.73 Å². The number of rotatable bonds is 5. The minimum atomic E-state index is -3.56. The van der Waals surface area contributed by atoms with Crippen LogP contribution in [0.25, 0.3) is 0 Å². The van der Waals surface area contributed by atoms with Crippen LogP contribution in [-0.4, -0.2) is 27.9 Å². The minimum Gasteiger partial charge on any atom is -0.397 e. The van der Waals surface area contributed by atoms with Gasteiger partial charge < -0.3 is 10.5 Å². The minimum absolute atomic E-state index is 0.0381. The average molecular weight is 248 g/mol. The topological polar surface area (TPSA) is 81.4 Å². The van der Waals surface area contributed by atoms with Crippen molar-refractivity contribution in [2.45, 2.75) is 0 Å². The summed E-state index contributed by atoms with van der Waals surface area (Å²) >= 11 is 0. The average Bonchev–Trinajstić information content (AvgIpc) is 2.20. The zero-order valence-electron chi connectivity index (χ0n) is 8.73. The monoisotopic (exact) mass is 248 g/mol. The van der Waals surface area contributed by atoms with E-state index in [9.17, 15) is 12.8 Å². The number of methoxy groups -OCH3 is 1. The highest BCUT2D eigenvalue weighted by Crippen LogP contribution is 2.20. The van der Waals surface area contributed by atoms with Crippen LogP contribution in [0.4, 0.5) is 15.8 Å². The normalized spacial score (nSPS) is 11.4. The molecule has 0 bridgehead atoms. The molecule has 0 fully saturated rings. The summed E-state index contributed by atoms with van der Waals surface area (Å²) in [6.45, 7) is 0.0601. The van der Waals surface area contributed by atoms with Gasteiger partial charge in [0.05, 0.1) is 23.7 Å². The Morgan fingerprint density at radius 3 is 2.81 bits per heavy atom. The van der Waals surface area contributed by atoms with Crippen LogP contribution >= 0.6 is 0 Å². The molecule has 0 atom stereocenters. The maximum atomic E-state index is 12.9. The Bertz CT molecular complexity index is 462. The first-order valence-corrected chi connectivity index (χ1v) is 6.14. The van der Waals surface area contributed by atoms with Gasteiger partial charge in [-0.2, -0.15) is 0 Å². The van der Waals surface area contributed by atoms with Gasteiger partial charge in [-0.3, -0.25) is 4.72 Å². The summed E-state index contributed by atoms with van der Waals surface area (Å²) in [7, 11) is -2.16. The second-order valence-electron chi connectivity index (χ2n) is 3.15. The molecule has 3 N–H and O–H groups in total. The Morgan fingerprint density at radius 2 is 2.19 bits per heavy atom. The van der Waals surface area contributed by atoms with E-state index in [0.717, 1.165) is 12.1 Å². The molecule has 0 saturated heterocycles. The summed E-state index contributed by atoms with van der Waals surface area (Å²) in [6.07, 6.45) is 0. The largest absolute Gasteiger partial charge is 0.397 e. The summed E-state index contributed by atoms with van der Waals surface area (Å²) < 4.78 is 42.6. The van der Waals surface area contributed by atoms with Crippen LogP contribution < -0.4 is 10.5 Å². The first-order chi connectivity index (χ1) is 7.44. The fourth-order valence-electron chi connectivity index (χ4n) is 1.03. The van der Waals surface area contributed by atoms with Crippen LogP contribution in [0.5, 0.6) is 0 Å². The number of nitrogens with two attached hydrogens (primary N) is 1. The van der Waals surface area contributed by atoms with Crippen LogP contribution in [0.15, 0.2) is 18.2 Å². The van der Waals surface area contributed by atoms with Gasteiger partial charge in [0.25, 0.3) is 0 Å². The van der Waals surface area contributed by atoms with Gasteiger partial charge in [-0.05, 0) is 12.1 Å². The molecule has 0 aliphatic rings. The Balaban J connectivity index is 2.83. The third-order valence-electron chi connectivity index (χ3n) is 1.84. The molecule has 0 aliphatic heterocycles. The quantitative estimate of drug-likeness (QED) is 0.755. The van der Waals surface area contributed by atoms with Crippen molar-refractivity contribution in [3.8, 4) is 0 Å². The molecule has 1 rings (SSSR count). The molecule has 1 aromatic rings. The number of hydrogen-bond donors (Lipinski definition) is 2. The van der Waals surface area contributed by atoms with Crippen LogP contribution in [0.3, 0.4) is 0 Å².